The fraction of sp³-hybridized carbons (Fsp3) is 0.316. The molecule has 2 atom stereocenters. The Hall–Kier alpha value is -3.93. The molecular weight excluding hydrogens is 408 g/mol. The van der Waals surface area contributed by atoms with E-state index >= 15 is 0 Å². The zero-order chi connectivity index (χ0) is 22.8. The lowest BCUT2D eigenvalue weighted by Gasteiger charge is -2.15. The molecule has 31 heavy (non-hydrogen) atoms. The Morgan fingerprint density at radius 3 is 2.32 bits per heavy atom. The third-order valence-corrected chi connectivity index (χ3v) is 4.21. The maximum Gasteiger partial charge on any atom is 0.326 e. The average Bonchev–Trinajstić information content (AvgIpc) is 3.24. The van der Waals surface area contributed by atoms with Crippen LogP contribution in [0.25, 0.3) is 0 Å². The molecule has 166 valence electrons. The van der Waals surface area contributed by atoms with Crippen molar-refractivity contribution in [3.05, 3.63) is 48.0 Å². The average molecular weight is 432 g/mol. The molecule has 3 amide bonds. The molecule has 2 rings (SSSR count). The maximum absolute atomic E-state index is 12.0. The first-order valence-corrected chi connectivity index (χ1v) is 9.32. The van der Waals surface area contributed by atoms with Crippen molar-refractivity contribution < 1.29 is 29.4 Å². The number of phenolic OH excluding ortho intramolecular Hbond substituents is 1. The summed E-state index contributed by atoms with van der Waals surface area (Å²) in [5.41, 5.74) is 7.02. The van der Waals surface area contributed by atoms with Gasteiger partial charge in [-0.05, 0) is 17.7 Å². The minimum Gasteiger partial charge on any atom is -0.508 e. The van der Waals surface area contributed by atoms with Crippen molar-refractivity contribution >= 4 is 23.7 Å². The van der Waals surface area contributed by atoms with E-state index in [9.17, 15) is 29.4 Å². The SMILES string of the molecule is NC(Cc1cnc[nH]1)C(=O)NCC(=O)NCC(=O)NC(Cc1ccc(O)cc1)C(=O)O. The third-order valence-electron chi connectivity index (χ3n) is 4.21. The number of hydrogen-bond acceptors (Lipinski definition) is 7. The Balaban J connectivity index is 1.72. The Kier molecular flexibility index (Phi) is 8.52. The van der Waals surface area contributed by atoms with Crippen molar-refractivity contribution in [2.45, 2.75) is 24.9 Å². The summed E-state index contributed by atoms with van der Waals surface area (Å²) in [6.45, 7) is -0.854. The van der Waals surface area contributed by atoms with Crippen LogP contribution in [0.4, 0.5) is 0 Å². The molecule has 0 spiro atoms. The Labute approximate surface area is 177 Å². The van der Waals surface area contributed by atoms with E-state index in [0.29, 0.717) is 11.3 Å². The van der Waals surface area contributed by atoms with E-state index in [1.807, 2.05) is 0 Å². The van der Waals surface area contributed by atoms with Crippen molar-refractivity contribution in [1.29, 1.82) is 0 Å². The number of rotatable bonds is 11. The van der Waals surface area contributed by atoms with Crippen LogP contribution in [-0.2, 0) is 32.0 Å². The van der Waals surface area contributed by atoms with Crippen molar-refractivity contribution in [3.63, 3.8) is 0 Å². The Morgan fingerprint density at radius 1 is 1.03 bits per heavy atom. The van der Waals surface area contributed by atoms with Gasteiger partial charge in [0.1, 0.15) is 11.8 Å². The molecular formula is C19H24N6O6. The van der Waals surface area contributed by atoms with Gasteiger partial charge in [0.05, 0.1) is 25.5 Å². The highest BCUT2D eigenvalue weighted by atomic mass is 16.4. The fourth-order valence-corrected chi connectivity index (χ4v) is 2.58. The van der Waals surface area contributed by atoms with E-state index in [2.05, 4.69) is 25.9 Å². The van der Waals surface area contributed by atoms with E-state index in [1.165, 1.54) is 24.7 Å². The molecule has 1 aromatic heterocycles. The largest absolute Gasteiger partial charge is 0.508 e. The molecule has 0 aliphatic rings. The van der Waals surface area contributed by atoms with Gasteiger partial charge in [0.25, 0.3) is 0 Å². The van der Waals surface area contributed by atoms with Gasteiger partial charge in [0, 0.05) is 24.7 Å². The van der Waals surface area contributed by atoms with Gasteiger partial charge >= 0.3 is 5.97 Å². The smallest absolute Gasteiger partial charge is 0.326 e. The zero-order valence-corrected chi connectivity index (χ0v) is 16.5. The van der Waals surface area contributed by atoms with Crippen LogP contribution in [-0.4, -0.2) is 69.0 Å². The highest BCUT2D eigenvalue weighted by molar-refractivity contribution is 5.90. The molecule has 2 aromatic rings. The molecule has 2 unspecified atom stereocenters. The Morgan fingerprint density at radius 2 is 1.71 bits per heavy atom. The molecule has 0 aliphatic carbocycles. The highest BCUT2D eigenvalue weighted by Crippen LogP contribution is 2.11. The number of nitrogens with one attached hydrogen (secondary N) is 4. The third kappa shape index (κ3) is 8.14. The van der Waals surface area contributed by atoms with Crippen LogP contribution >= 0.6 is 0 Å². The molecule has 0 bridgehead atoms. The van der Waals surface area contributed by atoms with Gasteiger partial charge in [0.2, 0.25) is 17.7 Å². The van der Waals surface area contributed by atoms with Gasteiger partial charge in [-0.15, -0.1) is 0 Å². The van der Waals surface area contributed by atoms with Gasteiger partial charge in [-0.25, -0.2) is 9.78 Å². The molecule has 0 aliphatic heterocycles. The lowest BCUT2D eigenvalue weighted by molar-refractivity contribution is -0.141. The second kappa shape index (κ2) is 11.3. The molecule has 12 heteroatoms. The zero-order valence-electron chi connectivity index (χ0n) is 16.5. The molecule has 0 saturated carbocycles. The van der Waals surface area contributed by atoms with Crippen LogP contribution in [0.1, 0.15) is 11.3 Å². The number of imidazole rings is 1. The number of nitrogens with zero attached hydrogens (tertiary/aromatic N) is 1. The number of phenols is 1. The number of H-pyrrole nitrogens is 1. The van der Waals surface area contributed by atoms with Gasteiger partial charge in [-0.3, -0.25) is 14.4 Å². The van der Waals surface area contributed by atoms with Crippen molar-refractivity contribution in [2.75, 3.05) is 13.1 Å². The van der Waals surface area contributed by atoms with Crippen LogP contribution in [0, 0.1) is 0 Å². The van der Waals surface area contributed by atoms with Gasteiger partial charge in [0.15, 0.2) is 0 Å². The van der Waals surface area contributed by atoms with Gasteiger partial charge < -0.3 is 36.9 Å². The van der Waals surface area contributed by atoms with Crippen LogP contribution < -0.4 is 21.7 Å². The predicted molar refractivity (Wildman–Crippen MR) is 108 cm³/mol. The van der Waals surface area contributed by atoms with Crippen molar-refractivity contribution in [1.82, 2.24) is 25.9 Å². The summed E-state index contributed by atoms with van der Waals surface area (Å²) in [7, 11) is 0. The summed E-state index contributed by atoms with van der Waals surface area (Å²) in [6.07, 6.45) is 3.20. The number of nitrogens with two attached hydrogens (primary N) is 1. The number of carboxylic acids is 1. The predicted octanol–water partition coefficient (Wildman–Crippen LogP) is -1.97. The van der Waals surface area contributed by atoms with Gasteiger partial charge in [-0.2, -0.15) is 0 Å². The molecule has 0 radical (unpaired) electrons. The van der Waals surface area contributed by atoms with Gasteiger partial charge in [-0.1, -0.05) is 12.1 Å². The quantitative estimate of drug-likeness (QED) is 0.212. The van der Waals surface area contributed by atoms with Crippen molar-refractivity contribution in [3.8, 4) is 5.75 Å². The first-order chi connectivity index (χ1) is 14.7. The Bertz CT molecular complexity index is 899. The molecule has 0 fully saturated rings. The highest BCUT2D eigenvalue weighted by Gasteiger charge is 2.21. The normalized spacial score (nSPS) is 12.4. The number of carbonyl (C=O) groups is 4. The fourth-order valence-electron chi connectivity index (χ4n) is 2.58. The maximum atomic E-state index is 12.0. The number of amides is 3. The first-order valence-electron chi connectivity index (χ1n) is 9.32. The van der Waals surface area contributed by atoms with E-state index in [0.717, 1.165) is 0 Å². The van der Waals surface area contributed by atoms with Crippen LogP contribution in [0.2, 0.25) is 0 Å². The number of benzene rings is 1. The van der Waals surface area contributed by atoms with Crippen LogP contribution in [0.5, 0.6) is 5.75 Å². The summed E-state index contributed by atoms with van der Waals surface area (Å²) in [6, 6.07) is 3.80. The summed E-state index contributed by atoms with van der Waals surface area (Å²) in [4.78, 5) is 53.7. The summed E-state index contributed by atoms with van der Waals surface area (Å²) in [5, 5.41) is 25.5. The monoisotopic (exact) mass is 432 g/mol. The number of carboxylic acid groups (broad SMARTS) is 1. The van der Waals surface area contributed by atoms with E-state index in [-0.39, 0.29) is 18.6 Å². The van der Waals surface area contributed by atoms with E-state index in [4.69, 9.17) is 5.73 Å². The van der Waals surface area contributed by atoms with Crippen LogP contribution in [0.3, 0.4) is 0 Å². The molecule has 12 nitrogen and oxygen atoms in total. The number of aliphatic carboxylic acids is 1. The summed E-state index contributed by atoms with van der Waals surface area (Å²) >= 11 is 0. The molecule has 0 saturated heterocycles. The minimum absolute atomic E-state index is 0.000419. The molecule has 1 heterocycles. The summed E-state index contributed by atoms with van der Waals surface area (Å²) in [5.74, 6) is -3.10. The number of hydrogen-bond donors (Lipinski definition) is 7. The lowest BCUT2D eigenvalue weighted by atomic mass is 10.1. The topological polar surface area (TPSA) is 200 Å². The second-order valence-electron chi connectivity index (χ2n) is 6.71. The lowest BCUT2D eigenvalue weighted by Crippen LogP contribution is -2.49. The number of aromatic amines is 1. The number of aromatic nitrogens is 2. The number of carbonyl (C=O) groups excluding carboxylic acids is 3. The van der Waals surface area contributed by atoms with E-state index in [1.54, 1.807) is 12.1 Å². The van der Waals surface area contributed by atoms with Crippen molar-refractivity contribution in [2.24, 2.45) is 5.73 Å². The first kappa shape index (κ1) is 23.3. The second-order valence-corrected chi connectivity index (χ2v) is 6.71. The molecule has 1 aromatic carbocycles. The standard InChI is InChI=1S/C19H24N6O6/c20-14(6-12-7-21-10-24-12)18(29)23-8-16(27)22-9-17(28)25-15(19(30)31)5-11-1-3-13(26)4-2-11/h1-4,7,10,14-15,26H,5-6,8-9,20H2,(H,21,24)(H,22,27)(H,23,29)(H,25,28)(H,30,31). The van der Waals surface area contributed by atoms with Crippen LogP contribution in [0.15, 0.2) is 36.8 Å². The number of aromatic hydroxyl groups is 1. The summed E-state index contributed by atoms with van der Waals surface area (Å²) < 4.78 is 0. The van der Waals surface area contributed by atoms with E-state index < -0.39 is 48.9 Å². The minimum atomic E-state index is -1.24. The molecule has 8 N–H and O–H groups in total.